The Morgan fingerprint density at radius 1 is 0.962 bits per heavy atom. The minimum atomic E-state index is -0.726. The van der Waals surface area contributed by atoms with Gasteiger partial charge in [-0.1, -0.05) is 33.1 Å². The van der Waals surface area contributed by atoms with Crippen molar-refractivity contribution in [1.29, 1.82) is 5.26 Å². The molecule has 2 aliphatic carbocycles. The van der Waals surface area contributed by atoms with Gasteiger partial charge >= 0.3 is 0 Å². The smallest absolute Gasteiger partial charge is 0.144 e. The van der Waals surface area contributed by atoms with Crippen LogP contribution < -0.4 is 0 Å². The van der Waals surface area contributed by atoms with E-state index in [0.29, 0.717) is 11.5 Å². The molecule has 26 heavy (non-hydrogen) atoms. The molecule has 2 saturated carbocycles. The molecule has 3 heteroatoms. The van der Waals surface area contributed by atoms with Crippen LogP contribution in [0.3, 0.4) is 0 Å². The summed E-state index contributed by atoms with van der Waals surface area (Å²) in [5.74, 6) is 1.88. The van der Waals surface area contributed by atoms with Crippen molar-refractivity contribution in [1.82, 2.24) is 0 Å². The minimum Gasteiger partial charge on any atom is -0.205 e. The van der Waals surface area contributed by atoms with E-state index in [1.54, 1.807) is 6.07 Å². The molecule has 0 aliphatic heterocycles. The van der Waals surface area contributed by atoms with Gasteiger partial charge in [-0.15, -0.1) is 0 Å². The molecule has 2 aliphatic rings. The minimum absolute atomic E-state index is 0.142. The lowest BCUT2D eigenvalue weighted by Crippen LogP contribution is -2.27. The average Bonchev–Trinajstić information content (AvgIpc) is 2.67. The van der Waals surface area contributed by atoms with Crippen molar-refractivity contribution < 1.29 is 8.78 Å². The molecule has 0 heterocycles. The summed E-state index contributed by atoms with van der Waals surface area (Å²) in [4.78, 5) is 0. The van der Waals surface area contributed by atoms with Crippen molar-refractivity contribution in [3.05, 3.63) is 34.9 Å². The summed E-state index contributed by atoms with van der Waals surface area (Å²) in [5.41, 5.74) is 0.234. The van der Waals surface area contributed by atoms with Gasteiger partial charge in [0.2, 0.25) is 0 Å². The van der Waals surface area contributed by atoms with Gasteiger partial charge in [0.05, 0.1) is 0 Å². The maximum absolute atomic E-state index is 13.9. The normalized spacial score (nSPS) is 30.6. The van der Waals surface area contributed by atoms with Crippen LogP contribution >= 0.6 is 0 Å². The van der Waals surface area contributed by atoms with Crippen LogP contribution in [0, 0.1) is 46.6 Å². The van der Waals surface area contributed by atoms with E-state index in [0.717, 1.165) is 30.6 Å². The molecule has 142 valence electrons. The SMILES string of the molecule is CCC1CCC(C2CCC(C(C)c3cc(F)c(C#N)c(F)c3)CC2)CC1. The van der Waals surface area contributed by atoms with Gasteiger partial charge in [-0.3, -0.25) is 0 Å². The van der Waals surface area contributed by atoms with Crippen molar-refractivity contribution >= 4 is 0 Å². The molecule has 0 saturated heterocycles. The summed E-state index contributed by atoms with van der Waals surface area (Å²) in [7, 11) is 0. The van der Waals surface area contributed by atoms with Crippen LogP contribution in [0.15, 0.2) is 12.1 Å². The summed E-state index contributed by atoms with van der Waals surface area (Å²) < 4.78 is 27.9. The Morgan fingerprint density at radius 3 is 1.92 bits per heavy atom. The molecule has 0 aromatic heterocycles. The number of nitriles is 1. The van der Waals surface area contributed by atoms with Gasteiger partial charge in [-0.05, 0) is 85.8 Å². The Hall–Kier alpha value is -1.43. The maximum Gasteiger partial charge on any atom is 0.144 e. The van der Waals surface area contributed by atoms with Gasteiger partial charge in [0.25, 0.3) is 0 Å². The second-order valence-electron chi connectivity index (χ2n) is 8.62. The molecule has 1 aromatic carbocycles. The highest BCUT2D eigenvalue weighted by Crippen LogP contribution is 2.45. The molecule has 0 amide bonds. The summed E-state index contributed by atoms with van der Waals surface area (Å²) in [6.07, 6.45) is 11.8. The summed E-state index contributed by atoms with van der Waals surface area (Å²) in [6, 6.07) is 4.34. The topological polar surface area (TPSA) is 23.8 Å². The lowest BCUT2D eigenvalue weighted by atomic mass is 9.66. The van der Waals surface area contributed by atoms with Gasteiger partial charge in [0.15, 0.2) is 0 Å². The second-order valence-corrected chi connectivity index (χ2v) is 8.62. The number of halogens is 2. The van der Waals surface area contributed by atoms with Gasteiger partial charge in [0, 0.05) is 0 Å². The van der Waals surface area contributed by atoms with Crippen molar-refractivity contribution in [3.63, 3.8) is 0 Å². The third-order valence-electron chi connectivity index (χ3n) is 7.36. The Kier molecular flexibility index (Phi) is 6.33. The van der Waals surface area contributed by atoms with E-state index in [9.17, 15) is 8.78 Å². The van der Waals surface area contributed by atoms with Gasteiger partial charge in [-0.2, -0.15) is 5.26 Å². The van der Waals surface area contributed by atoms with E-state index < -0.39 is 17.2 Å². The first-order chi connectivity index (χ1) is 12.5. The molecule has 0 N–H and O–H groups in total. The molecule has 0 bridgehead atoms. The molecule has 1 nitrogen and oxygen atoms in total. The Morgan fingerprint density at radius 2 is 1.46 bits per heavy atom. The van der Waals surface area contributed by atoms with Crippen LogP contribution in [0.4, 0.5) is 8.78 Å². The lowest BCUT2D eigenvalue weighted by Gasteiger charge is -2.39. The monoisotopic (exact) mass is 359 g/mol. The third-order valence-corrected chi connectivity index (χ3v) is 7.36. The fourth-order valence-corrected chi connectivity index (χ4v) is 5.42. The zero-order chi connectivity index (χ0) is 18.7. The van der Waals surface area contributed by atoms with Crippen molar-refractivity contribution in [2.45, 2.75) is 77.6 Å². The Bertz CT molecular complexity index is 624. The first kappa shape index (κ1) is 19.3. The molecule has 1 aromatic rings. The molecule has 1 atom stereocenters. The number of nitrogens with zero attached hydrogens (tertiary/aromatic N) is 1. The van der Waals surface area contributed by atoms with E-state index in [2.05, 4.69) is 13.8 Å². The van der Waals surface area contributed by atoms with Gasteiger partial charge < -0.3 is 0 Å². The van der Waals surface area contributed by atoms with Crippen LogP contribution in [-0.4, -0.2) is 0 Å². The van der Waals surface area contributed by atoms with E-state index in [1.807, 2.05) is 0 Å². The molecule has 0 spiro atoms. The van der Waals surface area contributed by atoms with Crippen LogP contribution in [-0.2, 0) is 0 Å². The zero-order valence-corrected chi connectivity index (χ0v) is 16.1. The maximum atomic E-state index is 13.9. The highest BCUT2D eigenvalue weighted by molar-refractivity contribution is 5.36. The Labute approximate surface area is 156 Å². The lowest BCUT2D eigenvalue weighted by molar-refractivity contribution is 0.138. The fraction of sp³-hybridized carbons (Fsp3) is 0.696. The molecule has 3 rings (SSSR count). The number of rotatable bonds is 4. The molecular formula is C23H31F2N. The van der Waals surface area contributed by atoms with Crippen LogP contribution in [0.25, 0.3) is 0 Å². The van der Waals surface area contributed by atoms with Crippen LogP contribution in [0.1, 0.15) is 88.7 Å². The van der Waals surface area contributed by atoms with E-state index in [1.165, 1.54) is 57.1 Å². The highest BCUT2D eigenvalue weighted by Gasteiger charge is 2.32. The predicted octanol–water partition coefficient (Wildman–Crippen LogP) is 6.96. The number of hydrogen-bond donors (Lipinski definition) is 0. The van der Waals surface area contributed by atoms with Crippen molar-refractivity contribution in [2.75, 3.05) is 0 Å². The van der Waals surface area contributed by atoms with Crippen LogP contribution in [0.5, 0.6) is 0 Å². The first-order valence-corrected chi connectivity index (χ1v) is 10.4. The third kappa shape index (κ3) is 4.11. The predicted molar refractivity (Wildman–Crippen MR) is 101 cm³/mol. The molecular weight excluding hydrogens is 328 g/mol. The highest BCUT2D eigenvalue weighted by atomic mass is 19.1. The van der Waals surface area contributed by atoms with Crippen molar-refractivity contribution in [2.24, 2.45) is 23.7 Å². The zero-order valence-electron chi connectivity index (χ0n) is 16.1. The van der Waals surface area contributed by atoms with Crippen LogP contribution in [0.2, 0.25) is 0 Å². The van der Waals surface area contributed by atoms with E-state index in [4.69, 9.17) is 5.26 Å². The Balaban J connectivity index is 1.57. The van der Waals surface area contributed by atoms with Gasteiger partial charge in [0.1, 0.15) is 23.3 Å². The second kappa shape index (κ2) is 8.51. The van der Waals surface area contributed by atoms with E-state index >= 15 is 0 Å². The number of benzene rings is 1. The standard InChI is InChI=1S/C23H31F2N/c1-3-16-4-6-18(7-5-16)19-10-8-17(9-11-19)15(2)20-12-22(24)21(14-26)23(25)13-20/h12-13,15-19H,3-11H2,1-2H3. The molecule has 2 fully saturated rings. The average molecular weight is 360 g/mol. The summed E-state index contributed by atoms with van der Waals surface area (Å²) >= 11 is 0. The summed E-state index contributed by atoms with van der Waals surface area (Å²) in [6.45, 7) is 4.39. The fourth-order valence-electron chi connectivity index (χ4n) is 5.42. The molecule has 1 unspecified atom stereocenters. The number of hydrogen-bond acceptors (Lipinski definition) is 1. The largest absolute Gasteiger partial charge is 0.205 e. The van der Waals surface area contributed by atoms with Crippen molar-refractivity contribution in [3.8, 4) is 6.07 Å². The quantitative estimate of drug-likeness (QED) is 0.570. The summed E-state index contributed by atoms with van der Waals surface area (Å²) in [5, 5.41) is 8.83. The van der Waals surface area contributed by atoms with Gasteiger partial charge in [-0.25, -0.2) is 8.78 Å². The molecule has 0 radical (unpaired) electrons. The van der Waals surface area contributed by atoms with E-state index in [-0.39, 0.29) is 5.92 Å². The first-order valence-electron chi connectivity index (χ1n) is 10.4.